The average Bonchev–Trinajstić information content (AvgIpc) is 2.69. The van der Waals surface area contributed by atoms with Crippen LogP contribution >= 0.6 is 11.6 Å². The fourth-order valence-corrected chi connectivity index (χ4v) is 3.02. The van der Waals surface area contributed by atoms with Gasteiger partial charge >= 0.3 is 0 Å². The Labute approximate surface area is 166 Å². The Balaban J connectivity index is 1.66. The standard InChI is InChI=1S/C23H16ClNO3/c1-14-2-4-15(5-3-14)22-13-20(26)19-12-18(10-11-21(19)28-22)25-23(27)16-6-8-17(24)9-7-16/h2-13H,1H3,(H,25,27). The Morgan fingerprint density at radius 1 is 0.929 bits per heavy atom. The van der Waals surface area contributed by atoms with Crippen LogP contribution < -0.4 is 10.7 Å². The topological polar surface area (TPSA) is 59.3 Å². The molecule has 3 aromatic carbocycles. The zero-order valence-corrected chi connectivity index (χ0v) is 15.8. The molecule has 1 aromatic heterocycles. The van der Waals surface area contributed by atoms with Crippen molar-refractivity contribution in [3.05, 3.63) is 99.2 Å². The van der Waals surface area contributed by atoms with Gasteiger partial charge in [-0.25, -0.2) is 0 Å². The summed E-state index contributed by atoms with van der Waals surface area (Å²) in [4.78, 5) is 25.0. The van der Waals surface area contributed by atoms with Gasteiger partial charge in [0.15, 0.2) is 5.43 Å². The van der Waals surface area contributed by atoms with Crippen molar-refractivity contribution in [3.63, 3.8) is 0 Å². The number of nitrogens with one attached hydrogen (secondary N) is 1. The van der Waals surface area contributed by atoms with Gasteiger partial charge in [0.25, 0.3) is 5.91 Å². The molecule has 0 saturated carbocycles. The average molecular weight is 390 g/mol. The van der Waals surface area contributed by atoms with Crippen LogP contribution in [0.1, 0.15) is 15.9 Å². The van der Waals surface area contributed by atoms with Gasteiger partial charge in [0, 0.05) is 27.9 Å². The molecule has 4 nitrogen and oxygen atoms in total. The van der Waals surface area contributed by atoms with Gasteiger partial charge in [-0.15, -0.1) is 0 Å². The van der Waals surface area contributed by atoms with E-state index in [0.29, 0.717) is 33.0 Å². The summed E-state index contributed by atoms with van der Waals surface area (Å²) < 4.78 is 5.90. The van der Waals surface area contributed by atoms with Gasteiger partial charge in [-0.1, -0.05) is 41.4 Å². The van der Waals surface area contributed by atoms with E-state index in [2.05, 4.69) is 5.32 Å². The van der Waals surface area contributed by atoms with E-state index in [4.69, 9.17) is 16.0 Å². The summed E-state index contributed by atoms with van der Waals surface area (Å²) in [5, 5.41) is 3.75. The lowest BCUT2D eigenvalue weighted by molar-refractivity contribution is 0.102. The van der Waals surface area contributed by atoms with Gasteiger partial charge in [0.2, 0.25) is 0 Å². The zero-order chi connectivity index (χ0) is 19.7. The predicted octanol–water partition coefficient (Wildman–Crippen LogP) is 5.67. The molecule has 0 aliphatic carbocycles. The van der Waals surface area contributed by atoms with Gasteiger partial charge in [-0.2, -0.15) is 0 Å². The predicted molar refractivity (Wildman–Crippen MR) is 112 cm³/mol. The second kappa shape index (κ2) is 7.33. The van der Waals surface area contributed by atoms with Crippen molar-refractivity contribution in [3.8, 4) is 11.3 Å². The molecule has 4 aromatic rings. The summed E-state index contributed by atoms with van der Waals surface area (Å²) in [6, 6.07) is 20.8. The number of benzene rings is 3. The van der Waals surface area contributed by atoms with Crippen molar-refractivity contribution in [2.45, 2.75) is 6.92 Å². The van der Waals surface area contributed by atoms with Crippen LogP contribution in [-0.2, 0) is 0 Å². The maximum Gasteiger partial charge on any atom is 0.255 e. The molecule has 1 N–H and O–H groups in total. The van der Waals surface area contributed by atoms with Gasteiger partial charge in [0.05, 0.1) is 5.39 Å². The van der Waals surface area contributed by atoms with E-state index in [0.717, 1.165) is 11.1 Å². The zero-order valence-electron chi connectivity index (χ0n) is 15.0. The van der Waals surface area contributed by atoms with E-state index in [1.807, 2.05) is 31.2 Å². The summed E-state index contributed by atoms with van der Waals surface area (Å²) in [7, 11) is 0. The lowest BCUT2D eigenvalue weighted by Crippen LogP contribution is -2.12. The molecule has 4 rings (SSSR count). The third-order valence-corrected chi connectivity index (χ3v) is 4.68. The van der Waals surface area contributed by atoms with Gasteiger partial charge in [-0.05, 0) is 49.4 Å². The first-order valence-corrected chi connectivity index (χ1v) is 9.09. The van der Waals surface area contributed by atoms with Crippen molar-refractivity contribution >= 4 is 34.2 Å². The number of fused-ring (bicyclic) bond motifs is 1. The third kappa shape index (κ3) is 3.68. The Bertz CT molecular complexity index is 1230. The molecule has 0 bridgehead atoms. The highest BCUT2D eigenvalue weighted by Gasteiger charge is 2.10. The lowest BCUT2D eigenvalue weighted by atomic mass is 10.1. The fourth-order valence-electron chi connectivity index (χ4n) is 2.90. The molecule has 0 radical (unpaired) electrons. The van der Waals surface area contributed by atoms with E-state index in [-0.39, 0.29) is 11.3 Å². The lowest BCUT2D eigenvalue weighted by Gasteiger charge is -2.08. The smallest absolute Gasteiger partial charge is 0.255 e. The first-order valence-electron chi connectivity index (χ1n) is 8.71. The van der Waals surface area contributed by atoms with Gasteiger partial charge in [0.1, 0.15) is 11.3 Å². The van der Waals surface area contributed by atoms with Crippen LogP contribution in [0.3, 0.4) is 0 Å². The number of hydrogen-bond acceptors (Lipinski definition) is 3. The van der Waals surface area contributed by atoms with E-state index in [1.165, 1.54) is 6.07 Å². The number of rotatable bonds is 3. The van der Waals surface area contributed by atoms with Gasteiger partial charge < -0.3 is 9.73 Å². The molecule has 0 atom stereocenters. The fraction of sp³-hybridized carbons (Fsp3) is 0.0435. The molecule has 0 spiro atoms. The molecular weight excluding hydrogens is 374 g/mol. The number of carbonyl (C=O) groups excluding carboxylic acids is 1. The summed E-state index contributed by atoms with van der Waals surface area (Å²) in [5.41, 5.74) is 3.26. The molecule has 5 heteroatoms. The highest BCUT2D eigenvalue weighted by molar-refractivity contribution is 6.30. The van der Waals surface area contributed by atoms with Crippen LogP contribution in [0.4, 0.5) is 5.69 Å². The minimum Gasteiger partial charge on any atom is -0.456 e. The molecule has 0 fully saturated rings. The maximum absolute atomic E-state index is 12.6. The number of halogens is 1. The molecule has 0 unspecified atom stereocenters. The minimum atomic E-state index is -0.281. The highest BCUT2D eigenvalue weighted by atomic mass is 35.5. The Morgan fingerprint density at radius 3 is 2.36 bits per heavy atom. The molecule has 138 valence electrons. The van der Waals surface area contributed by atoms with E-state index >= 15 is 0 Å². The SMILES string of the molecule is Cc1ccc(-c2cc(=O)c3cc(NC(=O)c4ccc(Cl)cc4)ccc3o2)cc1. The maximum atomic E-state index is 12.6. The largest absolute Gasteiger partial charge is 0.456 e. The Hall–Kier alpha value is -3.37. The van der Waals surface area contributed by atoms with Crippen LogP contribution in [0.5, 0.6) is 0 Å². The molecule has 0 aliphatic heterocycles. The molecule has 0 saturated heterocycles. The monoisotopic (exact) mass is 389 g/mol. The van der Waals surface area contributed by atoms with E-state index < -0.39 is 0 Å². The van der Waals surface area contributed by atoms with Crippen molar-refractivity contribution in [2.24, 2.45) is 0 Å². The van der Waals surface area contributed by atoms with E-state index in [1.54, 1.807) is 42.5 Å². The first-order chi connectivity index (χ1) is 13.5. The molecule has 0 aliphatic rings. The molecule has 28 heavy (non-hydrogen) atoms. The van der Waals surface area contributed by atoms with Crippen molar-refractivity contribution < 1.29 is 9.21 Å². The normalized spacial score (nSPS) is 10.8. The summed E-state index contributed by atoms with van der Waals surface area (Å²) in [5.74, 6) is 0.229. The quantitative estimate of drug-likeness (QED) is 0.490. The number of anilines is 1. The van der Waals surface area contributed by atoms with Crippen molar-refractivity contribution in [1.29, 1.82) is 0 Å². The number of carbonyl (C=O) groups is 1. The number of hydrogen-bond donors (Lipinski definition) is 1. The molecular formula is C23H16ClNO3. The summed E-state index contributed by atoms with van der Waals surface area (Å²) in [6.07, 6.45) is 0. The highest BCUT2D eigenvalue weighted by Crippen LogP contribution is 2.24. The molecule has 1 heterocycles. The van der Waals surface area contributed by atoms with Crippen LogP contribution in [0.15, 0.2) is 82.0 Å². The second-order valence-electron chi connectivity index (χ2n) is 6.51. The van der Waals surface area contributed by atoms with Crippen molar-refractivity contribution in [2.75, 3.05) is 5.32 Å². The van der Waals surface area contributed by atoms with Crippen LogP contribution in [-0.4, -0.2) is 5.91 Å². The molecule has 1 amide bonds. The van der Waals surface area contributed by atoms with Crippen LogP contribution in [0, 0.1) is 6.92 Å². The van der Waals surface area contributed by atoms with Gasteiger partial charge in [-0.3, -0.25) is 9.59 Å². The second-order valence-corrected chi connectivity index (χ2v) is 6.95. The van der Waals surface area contributed by atoms with Crippen LogP contribution in [0.2, 0.25) is 5.02 Å². The first kappa shape index (κ1) is 18.0. The Kier molecular flexibility index (Phi) is 4.72. The third-order valence-electron chi connectivity index (χ3n) is 4.43. The van der Waals surface area contributed by atoms with Crippen LogP contribution in [0.25, 0.3) is 22.3 Å². The Morgan fingerprint density at radius 2 is 1.64 bits per heavy atom. The van der Waals surface area contributed by atoms with Crippen molar-refractivity contribution in [1.82, 2.24) is 0 Å². The summed E-state index contributed by atoms with van der Waals surface area (Å²) in [6.45, 7) is 2.00. The number of aryl methyl sites for hydroxylation is 1. The number of amides is 1. The minimum absolute atomic E-state index is 0.167. The van der Waals surface area contributed by atoms with E-state index in [9.17, 15) is 9.59 Å². The summed E-state index contributed by atoms with van der Waals surface area (Å²) >= 11 is 5.85.